The first-order valence-corrected chi connectivity index (χ1v) is 11.2. The highest BCUT2D eigenvalue weighted by Crippen LogP contribution is 2.28. The molecule has 0 bridgehead atoms. The lowest BCUT2D eigenvalue weighted by atomic mass is 9.94. The summed E-state index contributed by atoms with van der Waals surface area (Å²) in [6, 6.07) is 11.4. The smallest absolute Gasteiger partial charge is 0.255 e. The van der Waals surface area contributed by atoms with Crippen LogP contribution in [0, 0.1) is 6.92 Å². The van der Waals surface area contributed by atoms with E-state index in [1.807, 2.05) is 42.2 Å². The van der Waals surface area contributed by atoms with Crippen LogP contribution < -0.4 is 4.74 Å². The minimum Gasteiger partial charge on any atom is -0.437 e. The highest BCUT2D eigenvalue weighted by Gasteiger charge is 2.27. The molecular weight excluding hydrogens is 428 g/mol. The molecule has 4 heterocycles. The third kappa shape index (κ3) is 4.91. The monoisotopic (exact) mass is 452 g/mol. The summed E-state index contributed by atoms with van der Waals surface area (Å²) < 4.78 is 5.91. The molecule has 0 spiro atoms. The molecule has 0 aliphatic carbocycles. The van der Waals surface area contributed by atoms with E-state index in [2.05, 4.69) is 24.9 Å². The number of carbonyl (C=O) groups is 1. The van der Waals surface area contributed by atoms with E-state index in [1.165, 1.54) is 6.33 Å². The van der Waals surface area contributed by atoms with E-state index in [0.29, 0.717) is 24.5 Å². The number of ether oxygens (including phenoxy) is 1. The number of aryl methyl sites for hydroxylation is 1. The van der Waals surface area contributed by atoms with E-state index >= 15 is 0 Å². The van der Waals surface area contributed by atoms with Gasteiger partial charge in [0.25, 0.3) is 5.91 Å². The van der Waals surface area contributed by atoms with Crippen molar-refractivity contribution in [3.05, 3.63) is 90.5 Å². The van der Waals surface area contributed by atoms with Gasteiger partial charge in [-0.25, -0.2) is 15.0 Å². The number of hydrogen-bond donors (Lipinski definition) is 0. The fourth-order valence-electron chi connectivity index (χ4n) is 4.12. The molecule has 1 aliphatic rings. The van der Waals surface area contributed by atoms with E-state index in [9.17, 15) is 4.79 Å². The number of piperidine rings is 1. The molecule has 0 N–H and O–H groups in total. The van der Waals surface area contributed by atoms with E-state index in [0.717, 1.165) is 41.1 Å². The first-order valence-electron chi connectivity index (χ1n) is 11.2. The van der Waals surface area contributed by atoms with Crippen molar-refractivity contribution in [3.63, 3.8) is 0 Å². The minimum atomic E-state index is -0.0341. The highest BCUT2D eigenvalue weighted by molar-refractivity contribution is 5.94. The second kappa shape index (κ2) is 9.74. The Labute approximate surface area is 197 Å². The standard InChI is InChI=1S/C26H24N6O2/c1-18-4-2-6-22(10-18)34-25-15-27-14-24(31-25)20-5-3-9-32(16-20)26(33)19-7-8-23(30-13-19)21-11-28-17-29-12-21/h2,4,6-8,10-15,17,20H,3,5,9,16H2,1H3/t20-/m1/s1. The van der Waals surface area contributed by atoms with Crippen molar-refractivity contribution in [3.8, 4) is 22.9 Å². The summed E-state index contributed by atoms with van der Waals surface area (Å²) in [5, 5.41) is 0. The normalized spacial score (nSPS) is 15.7. The molecule has 8 heteroatoms. The largest absolute Gasteiger partial charge is 0.437 e. The summed E-state index contributed by atoms with van der Waals surface area (Å²) in [6.45, 7) is 3.30. The summed E-state index contributed by atoms with van der Waals surface area (Å²) in [5.41, 5.74) is 4.05. The molecule has 0 radical (unpaired) electrons. The van der Waals surface area contributed by atoms with Crippen LogP contribution in [-0.2, 0) is 0 Å². The average Bonchev–Trinajstić information content (AvgIpc) is 2.89. The Morgan fingerprint density at radius 2 is 1.91 bits per heavy atom. The summed E-state index contributed by atoms with van der Waals surface area (Å²) in [5.74, 6) is 1.24. The van der Waals surface area contributed by atoms with E-state index in [-0.39, 0.29) is 11.8 Å². The van der Waals surface area contributed by atoms with Gasteiger partial charge in [-0.2, -0.15) is 0 Å². The molecule has 1 aliphatic heterocycles. The Hall–Kier alpha value is -4.20. The van der Waals surface area contributed by atoms with Crippen molar-refractivity contribution < 1.29 is 9.53 Å². The molecule has 1 atom stereocenters. The van der Waals surface area contributed by atoms with Gasteiger partial charge in [-0.15, -0.1) is 0 Å². The van der Waals surface area contributed by atoms with Crippen molar-refractivity contribution in [2.45, 2.75) is 25.7 Å². The number of amides is 1. The Balaban J connectivity index is 1.28. The molecule has 0 saturated carbocycles. The van der Waals surface area contributed by atoms with Crippen LogP contribution in [0.15, 0.2) is 73.7 Å². The molecule has 170 valence electrons. The lowest BCUT2D eigenvalue weighted by Gasteiger charge is -2.32. The molecule has 0 unspecified atom stereocenters. The van der Waals surface area contributed by atoms with Crippen molar-refractivity contribution in [1.29, 1.82) is 0 Å². The lowest BCUT2D eigenvalue weighted by Crippen LogP contribution is -2.39. The van der Waals surface area contributed by atoms with Crippen molar-refractivity contribution in [1.82, 2.24) is 29.8 Å². The molecule has 34 heavy (non-hydrogen) atoms. The molecular formula is C26H24N6O2. The van der Waals surface area contributed by atoms with Crippen LogP contribution in [0.1, 0.15) is 40.4 Å². The van der Waals surface area contributed by atoms with E-state index in [4.69, 9.17) is 4.74 Å². The van der Waals surface area contributed by atoms with Crippen LogP contribution in [0.2, 0.25) is 0 Å². The van der Waals surface area contributed by atoms with Crippen LogP contribution in [0.3, 0.4) is 0 Å². The fourth-order valence-corrected chi connectivity index (χ4v) is 4.12. The minimum absolute atomic E-state index is 0.0341. The summed E-state index contributed by atoms with van der Waals surface area (Å²) in [7, 11) is 0. The number of rotatable bonds is 5. The zero-order chi connectivity index (χ0) is 23.3. The Kier molecular flexibility index (Phi) is 6.20. The van der Waals surface area contributed by atoms with E-state index < -0.39 is 0 Å². The Bertz CT molecular complexity index is 1280. The Morgan fingerprint density at radius 1 is 1.03 bits per heavy atom. The predicted molar refractivity (Wildman–Crippen MR) is 126 cm³/mol. The second-order valence-electron chi connectivity index (χ2n) is 8.35. The maximum Gasteiger partial charge on any atom is 0.255 e. The summed E-state index contributed by atoms with van der Waals surface area (Å²) in [4.78, 5) is 36.5. The molecule has 5 rings (SSSR count). The van der Waals surface area contributed by atoms with Crippen molar-refractivity contribution >= 4 is 5.91 Å². The number of hydrogen-bond acceptors (Lipinski definition) is 7. The number of pyridine rings is 1. The third-order valence-electron chi connectivity index (χ3n) is 5.84. The van der Waals surface area contributed by atoms with Gasteiger partial charge in [0.1, 0.15) is 12.1 Å². The van der Waals surface area contributed by atoms with Crippen molar-refractivity contribution in [2.24, 2.45) is 0 Å². The first-order chi connectivity index (χ1) is 16.7. The number of nitrogens with zero attached hydrogens (tertiary/aromatic N) is 6. The van der Waals surface area contributed by atoms with Gasteiger partial charge in [-0.1, -0.05) is 12.1 Å². The van der Waals surface area contributed by atoms with Gasteiger partial charge >= 0.3 is 0 Å². The summed E-state index contributed by atoms with van der Waals surface area (Å²) in [6.07, 6.45) is 11.7. The number of carbonyl (C=O) groups excluding carboxylic acids is 1. The van der Waals surface area contributed by atoms with Crippen LogP contribution in [-0.4, -0.2) is 48.8 Å². The molecule has 3 aromatic heterocycles. The highest BCUT2D eigenvalue weighted by atomic mass is 16.5. The van der Waals surface area contributed by atoms with Gasteiger partial charge in [0.15, 0.2) is 0 Å². The van der Waals surface area contributed by atoms with Gasteiger partial charge in [-0.3, -0.25) is 14.8 Å². The van der Waals surface area contributed by atoms with Crippen LogP contribution in [0.5, 0.6) is 11.6 Å². The summed E-state index contributed by atoms with van der Waals surface area (Å²) >= 11 is 0. The molecule has 1 fully saturated rings. The second-order valence-corrected chi connectivity index (χ2v) is 8.35. The number of benzene rings is 1. The maximum absolute atomic E-state index is 13.2. The average molecular weight is 453 g/mol. The quantitative estimate of drug-likeness (QED) is 0.442. The zero-order valence-corrected chi connectivity index (χ0v) is 18.8. The number of aromatic nitrogens is 5. The SMILES string of the molecule is Cc1cccc(Oc2cncc([C@@H]3CCCN(C(=O)c4ccc(-c5cncnc5)nc4)C3)n2)c1. The Morgan fingerprint density at radius 3 is 2.71 bits per heavy atom. The number of likely N-dealkylation sites (tertiary alicyclic amines) is 1. The maximum atomic E-state index is 13.2. The third-order valence-corrected chi connectivity index (χ3v) is 5.84. The van der Waals surface area contributed by atoms with Crippen molar-refractivity contribution in [2.75, 3.05) is 13.1 Å². The first kappa shape index (κ1) is 21.6. The molecule has 1 amide bonds. The van der Waals surface area contributed by atoms with Crippen LogP contribution >= 0.6 is 0 Å². The molecule has 1 aromatic carbocycles. The van der Waals surface area contributed by atoms with Crippen LogP contribution in [0.25, 0.3) is 11.3 Å². The zero-order valence-electron chi connectivity index (χ0n) is 18.8. The van der Waals surface area contributed by atoms with E-state index in [1.54, 1.807) is 37.1 Å². The topological polar surface area (TPSA) is 94.0 Å². The van der Waals surface area contributed by atoms with Gasteiger partial charge < -0.3 is 9.64 Å². The van der Waals surface area contributed by atoms with Gasteiger partial charge in [-0.05, 0) is 49.6 Å². The van der Waals surface area contributed by atoms with Gasteiger partial charge in [0.2, 0.25) is 5.88 Å². The van der Waals surface area contributed by atoms with Gasteiger partial charge in [0.05, 0.1) is 23.1 Å². The lowest BCUT2D eigenvalue weighted by molar-refractivity contribution is 0.0705. The van der Waals surface area contributed by atoms with Crippen LogP contribution in [0.4, 0.5) is 0 Å². The fraction of sp³-hybridized carbons (Fsp3) is 0.231. The molecule has 8 nitrogen and oxygen atoms in total. The van der Waals surface area contributed by atoms with Gasteiger partial charge in [0, 0.05) is 49.4 Å². The molecule has 4 aromatic rings. The predicted octanol–water partition coefficient (Wildman–Crippen LogP) is 4.45. The molecule has 1 saturated heterocycles.